The van der Waals surface area contributed by atoms with Crippen LogP contribution < -0.4 is 16.0 Å². The summed E-state index contributed by atoms with van der Waals surface area (Å²) >= 11 is 0. The molecule has 3 N–H and O–H groups in total. The summed E-state index contributed by atoms with van der Waals surface area (Å²) < 4.78 is 19.2. The average molecular weight is 248 g/mol. The number of aryl methyl sites for hydroxylation is 1. The Morgan fingerprint density at radius 3 is 2.89 bits per heavy atom. The fraction of sp³-hybridized carbons (Fsp3) is 0.286. The Bertz CT molecular complexity index is 509. The minimum absolute atomic E-state index is 0.297. The van der Waals surface area contributed by atoms with Crippen LogP contribution in [0.2, 0.25) is 0 Å². The number of nitrogen functional groups attached to an aromatic ring is 1. The Morgan fingerprint density at radius 1 is 1.44 bits per heavy atom. The number of nitrogens with two attached hydrogens (primary N) is 1. The van der Waals surface area contributed by atoms with Gasteiger partial charge < -0.3 is 10.2 Å². The molecule has 0 bridgehead atoms. The minimum Gasteiger partial charge on any atom is -0.459 e. The van der Waals surface area contributed by atoms with E-state index >= 15 is 0 Å². The highest BCUT2D eigenvalue weighted by molar-refractivity contribution is 5.52. The van der Waals surface area contributed by atoms with Gasteiger partial charge in [0.05, 0.1) is 5.69 Å². The minimum atomic E-state index is -0.299. The highest BCUT2D eigenvalue weighted by Gasteiger charge is 2.15. The molecular weight excluding hydrogens is 231 g/mol. The maximum absolute atomic E-state index is 13.6. The summed E-state index contributed by atoms with van der Waals surface area (Å²) in [5.74, 6) is 6.36. The molecule has 96 valence electrons. The Balaban J connectivity index is 2.19. The Morgan fingerprint density at radius 2 is 2.22 bits per heavy atom. The fourth-order valence-electron chi connectivity index (χ4n) is 1.89. The number of nitrogens with one attached hydrogen (secondary N) is 1. The van der Waals surface area contributed by atoms with Gasteiger partial charge in [-0.15, -0.1) is 0 Å². The molecule has 0 saturated heterocycles. The monoisotopic (exact) mass is 248 g/mol. The van der Waals surface area contributed by atoms with Crippen LogP contribution in [-0.2, 0) is 0 Å². The van der Waals surface area contributed by atoms with E-state index in [1.54, 1.807) is 6.07 Å². The van der Waals surface area contributed by atoms with Crippen LogP contribution in [0.5, 0.6) is 5.75 Å². The smallest absolute Gasteiger partial charge is 0.161 e. The van der Waals surface area contributed by atoms with E-state index in [-0.39, 0.29) is 5.83 Å². The van der Waals surface area contributed by atoms with Crippen LogP contribution in [0.25, 0.3) is 0 Å². The second-order valence-corrected chi connectivity index (χ2v) is 4.53. The highest BCUT2D eigenvalue weighted by Crippen LogP contribution is 2.28. The van der Waals surface area contributed by atoms with Crippen LogP contribution in [0.15, 0.2) is 41.9 Å². The summed E-state index contributed by atoms with van der Waals surface area (Å²) in [5.41, 5.74) is 4.37. The highest BCUT2D eigenvalue weighted by atomic mass is 19.1. The Kier molecular flexibility index (Phi) is 3.67. The quantitative estimate of drug-likeness (QED) is 0.636. The molecule has 0 aliphatic heterocycles. The van der Waals surface area contributed by atoms with E-state index in [2.05, 4.69) is 5.43 Å². The number of hydrogen-bond acceptors (Lipinski definition) is 3. The summed E-state index contributed by atoms with van der Waals surface area (Å²) in [6.07, 6.45) is 3.89. The predicted octanol–water partition coefficient (Wildman–Crippen LogP) is 3.44. The molecule has 1 aliphatic carbocycles. The van der Waals surface area contributed by atoms with Gasteiger partial charge in [0.15, 0.2) is 5.83 Å². The lowest BCUT2D eigenvalue weighted by atomic mass is 10.0. The van der Waals surface area contributed by atoms with Crippen LogP contribution in [0.4, 0.5) is 10.1 Å². The molecule has 0 aromatic heterocycles. The first-order valence-corrected chi connectivity index (χ1v) is 5.92. The van der Waals surface area contributed by atoms with Gasteiger partial charge in [-0.05, 0) is 42.7 Å². The van der Waals surface area contributed by atoms with Gasteiger partial charge in [-0.1, -0.05) is 13.0 Å². The molecule has 0 saturated carbocycles. The fourth-order valence-corrected chi connectivity index (χ4v) is 1.89. The zero-order chi connectivity index (χ0) is 13.1. The first kappa shape index (κ1) is 12.6. The number of hydrazine groups is 1. The van der Waals surface area contributed by atoms with Gasteiger partial charge in [-0.25, -0.2) is 4.39 Å². The van der Waals surface area contributed by atoms with Crippen LogP contribution in [0, 0.1) is 12.8 Å². The topological polar surface area (TPSA) is 47.3 Å². The number of rotatable bonds is 3. The zero-order valence-corrected chi connectivity index (χ0v) is 10.5. The van der Waals surface area contributed by atoms with Crippen LogP contribution in [0.3, 0.4) is 0 Å². The molecule has 1 aromatic carbocycles. The molecule has 1 aromatic rings. The largest absolute Gasteiger partial charge is 0.459 e. The van der Waals surface area contributed by atoms with Crippen molar-refractivity contribution < 1.29 is 9.13 Å². The second-order valence-electron chi connectivity index (χ2n) is 4.53. The first-order valence-electron chi connectivity index (χ1n) is 5.92. The van der Waals surface area contributed by atoms with E-state index in [0.717, 1.165) is 11.3 Å². The van der Waals surface area contributed by atoms with E-state index in [1.807, 2.05) is 32.1 Å². The molecule has 2 rings (SSSR count). The lowest BCUT2D eigenvalue weighted by molar-refractivity contribution is 0.359. The molecule has 0 heterocycles. The van der Waals surface area contributed by atoms with Crippen molar-refractivity contribution >= 4 is 5.69 Å². The van der Waals surface area contributed by atoms with Crippen molar-refractivity contribution in [3.63, 3.8) is 0 Å². The van der Waals surface area contributed by atoms with E-state index in [1.165, 1.54) is 6.08 Å². The Labute approximate surface area is 106 Å². The van der Waals surface area contributed by atoms with Gasteiger partial charge in [-0.3, -0.25) is 5.84 Å². The van der Waals surface area contributed by atoms with Gasteiger partial charge in [-0.2, -0.15) is 0 Å². The van der Waals surface area contributed by atoms with Gasteiger partial charge in [0.25, 0.3) is 0 Å². The van der Waals surface area contributed by atoms with Gasteiger partial charge >= 0.3 is 0 Å². The molecule has 4 heteroatoms. The summed E-state index contributed by atoms with van der Waals surface area (Å²) in [6, 6.07) is 5.41. The standard InChI is InChI=1S/C14H17FN2O/c1-9-3-5-12(15)14(7-9)18-11-4-6-13(17-16)10(2)8-11/h3-6,8-9,17H,7,16H2,1-2H3. The Hall–Kier alpha value is -1.81. The van der Waals surface area contributed by atoms with Crippen molar-refractivity contribution in [2.24, 2.45) is 11.8 Å². The molecule has 0 fully saturated rings. The van der Waals surface area contributed by atoms with Crippen molar-refractivity contribution in [2.75, 3.05) is 5.43 Å². The summed E-state index contributed by atoms with van der Waals surface area (Å²) in [7, 11) is 0. The van der Waals surface area contributed by atoms with Gasteiger partial charge in [0.2, 0.25) is 0 Å². The van der Waals surface area contributed by atoms with Crippen LogP contribution in [0.1, 0.15) is 18.9 Å². The van der Waals surface area contributed by atoms with Gasteiger partial charge in [0, 0.05) is 6.42 Å². The maximum atomic E-state index is 13.6. The second kappa shape index (κ2) is 5.23. The lowest BCUT2D eigenvalue weighted by Crippen LogP contribution is -2.09. The first-order chi connectivity index (χ1) is 8.60. The molecule has 1 unspecified atom stereocenters. The van der Waals surface area contributed by atoms with Crippen molar-refractivity contribution in [3.05, 3.63) is 47.5 Å². The van der Waals surface area contributed by atoms with E-state index in [0.29, 0.717) is 23.8 Å². The lowest BCUT2D eigenvalue weighted by Gasteiger charge is -2.17. The molecule has 0 spiro atoms. The third kappa shape index (κ3) is 2.71. The number of halogens is 1. The van der Waals surface area contributed by atoms with Crippen molar-refractivity contribution in [1.29, 1.82) is 0 Å². The predicted molar refractivity (Wildman–Crippen MR) is 70.7 cm³/mol. The molecule has 0 amide bonds. The summed E-state index contributed by atoms with van der Waals surface area (Å²) in [6.45, 7) is 3.94. The summed E-state index contributed by atoms with van der Waals surface area (Å²) in [5, 5.41) is 0. The zero-order valence-electron chi connectivity index (χ0n) is 10.5. The number of ether oxygens (including phenoxy) is 1. The molecule has 0 radical (unpaired) electrons. The number of benzene rings is 1. The van der Waals surface area contributed by atoms with E-state index in [9.17, 15) is 4.39 Å². The number of hydrogen-bond donors (Lipinski definition) is 2. The SMILES string of the molecule is Cc1cc(OC2=C(F)C=CC(C)C2)ccc1NN. The normalized spacial score (nSPS) is 19.0. The maximum Gasteiger partial charge on any atom is 0.161 e. The van der Waals surface area contributed by atoms with Crippen LogP contribution >= 0.6 is 0 Å². The third-order valence-corrected chi connectivity index (χ3v) is 2.94. The van der Waals surface area contributed by atoms with Crippen LogP contribution in [-0.4, -0.2) is 0 Å². The number of allylic oxidation sites excluding steroid dienone is 4. The van der Waals surface area contributed by atoms with Gasteiger partial charge in [0.1, 0.15) is 11.5 Å². The third-order valence-electron chi connectivity index (χ3n) is 2.94. The van der Waals surface area contributed by atoms with E-state index in [4.69, 9.17) is 10.6 Å². The molecular formula is C14H17FN2O. The molecule has 18 heavy (non-hydrogen) atoms. The summed E-state index contributed by atoms with van der Waals surface area (Å²) in [4.78, 5) is 0. The van der Waals surface area contributed by atoms with Crippen molar-refractivity contribution in [1.82, 2.24) is 0 Å². The van der Waals surface area contributed by atoms with Crippen molar-refractivity contribution in [3.8, 4) is 5.75 Å². The van der Waals surface area contributed by atoms with E-state index < -0.39 is 0 Å². The molecule has 1 atom stereocenters. The molecule has 3 nitrogen and oxygen atoms in total. The average Bonchev–Trinajstić information content (AvgIpc) is 2.34. The van der Waals surface area contributed by atoms with Crippen molar-refractivity contribution in [2.45, 2.75) is 20.3 Å². The number of anilines is 1. The molecule has 1 aliphatic rings.